The van der Waals surface area contributed by atoms with Gasteiger partial charge in [-0.2, -0.15) is 10.1 Å². The molecule has 4 aliphatic rings. The Morgan fingerprint density at radius 1 is 0.765 bits per heavy atom. The van der Waals surface area contributed by atoms with Crippen LogP contribution in [0.15, 0.2) is 18.2 Å². The van der Waals surface area contributed by atoms with Crippen molar-refractivity contribution in [2.75, 3.05) is 49.6 Å². The Kier molecular flexibility index (Phi) is 11.7. The molecule has 0 aliphatic carbocycles. The minimum atomic E-state index is -0.813. The number of nitrogens with zero attached hydrogens (tertiary/aromatic N) is 2. The number of carbonyl (C=O) groups excluding carboxylic acids is 2. The molecule has 14 nitrogen and oxygen atoms in total. The second-order valence-corrected chi connectivity index (χ2v) is 16.9. The fourth-order valence-corrected chi connectivity index (χ4v) is 8.93. The average Bonchev–Trinajstić information content (AvgIpc) is 3.58. The Morgan fingerprint density at radius 3 is 1.67 bits per heavy atom. The van der Waals surface area contributed by atoms with Crippen LogP contribution in [0.4, 0.5) is 21.0 Å². The van der Waals surface area contributed by atoms with E-state index in [1.54, 1.807) is 18.2 Å². The van der Waals surface area contributed by atoms with Crippen molar-refractivity contribution in [3.05, 3.63) is 23.8 Å². The number of aryl methyl sites for hydroxylation is 1. The normalized spacial score (nSPS) is 27.4. The molecule has 0 bridgehead atoms. The van der Waals surface area contributed by atoms with E-state index in [0.717, 1.165) is 5.56 Å². The molecule has 51 heavy (non-hydrogen) atoms. The molecule has 1 aromatic rings. The van der Waals surface area contributed by atoms with Gasteiger partial charge < -0.3 is 28.4 Å². The molecule has 2 unspecified atom stereocenters. The number of nitrogens with one attached hydrogen (secondary N) is 2. The van der Waals surface area contributed by atoms with Crippen molar-refractivity contribution >= 4 is 36.2 Å². The second kappa shape index (κ2) is 14.9. The Balaban J connectivity index is 1.08. The zero-order valence-corrected chi connectivity index (χ0v) is 32.8. The maximum atomic E-state index is 12.8. The molecule has 4 fully saturated rings. The Morgan fingerprint density at radius 2 is 1.22 bits per heavy atom. The van der Waals surface area contributed by atoms with Gasteiger partial charge in [-0.05, 0) is 86.9 Å². The van der Waals surface area contributed by atoms with Gasteiger partial charge in [0.15, 0.2) is 11.6 Å². The molecule has 2 amide bonds. The van der Waals surface area contributed by atoms with Gasteiger partial charge in [0, 0.05) is 59.2 Å². The van der Waals surface area contributed by atoms with Crippen LogP contribution in [0.3, 0.4) is 0 Å². The number of hydrogen-bond donors (Lipinski definition) is 3. The number of benzene rings is 1. The molecule has 288 valence electrons. The average molecular weight is 739 g/mol. The third-order valence-electron chi connectivity index (χ3n) is 9.80. The van der Waals surface area contributed by atoms with Gasteiger partial charge in [0.05, 0.1) is 19.8 Å². The van der Waals surface area contributed by atoms with E-state index in [4.69, 9.17) is 38.1 Å². The molecule has 0 saturated carbocycles. The third-order valence-corrected chi connectivity index (χ3v) is 9.92. The van der Waals surface area contributed by atoms with Gasteiger partial charge in [0.25, 0.3) is 0 Å². The number of rotatable bonds is 10. The van der Waals surface area contributed by atoms with Crippen LogP contribution in [0.25, 0.3) is 0 Å². The number of carbonyl (C=O) groups is 2. The van der Waals surface area contributed by atoms with E-state index in [-0.39, 0.29) is 41.3 Å². The number of ether oxygens (including phenoxy) is 6. The van der Waals surface area contributed by atoms with E-state index >= 15 is 0 Å². The van der Waals surface area contributed by atoms with Crippen molar-refractivity contribution < 1.29 is 47.7 Å². The summed E-state index contributed by atoms with van der Waals surface area (Å²) in [6.07, 6.45) is 0.247. The predicted octanol–water partition coefficient (Wildman–Crippen LogP) is 6.39. The van der Waals surface area contributed by atoms with Crippen LogP contribution in [-0.4, -0.2) is 107 Å². The smallest absolute Gasteiger partial charge is 0.411 e. The molecular weight excluding hydrogens is 680 g/mol. The lowest BCUT2D eigenvalue weighted by molar-refractivity contribution is -0.336. The molecule has 2 N–H and O–H groups in total. The first-order valence-corrected chi connectivity index (χ1v) is 18.5. The van der Waals surface area contributed by atoms with Crippen LogP contribution in [0, 0.1) is 6.92 Å². The van der Waals surface area contributed by atoms with Gasteiger partial charge in [-0.1, -0.05) is 6.07 Å². The van der Waals surface area contributed by atoms with E-state index in [2.05, 4.69) is 78.7 Å². The molecule has 1 aromatic carbocycles. The van der Waals surface area contributed by atoms with Crippen LogP contribution in [-0.2, 0) is 38.1 Å². The summed E-state index contributed by atoms with van der Waals surface area (Å²) in [7, 11) is 0. The summed E-state index contributed by atoms with van der Waals surface area (Å²) in [5.41, 5.74) is 0.304. The summed E-state index contributed by atoms with van der Waals surface area (Å²) in [6.45, 7) is 21.8. The van der Waals surface area contributed by atoms with Crippen LogP contribution >= 0.6 is 12.6 Å². The van der Waals surface area contributed by atoms with Gasteiger partial charge >= 0.3 is 12.2 Å². The van der Waals surface area contributed by atoms with Gasteiger partial charge in [0.1, 0.15) is 31.4 Å². The number of amides is 2. The highest BCUT2D eigenvalue weighted by Crippen LogP contribution is 2.50. The van der Waals surface area contributed by atoms with Gasteiger partial charge in [0.2, 0.25) is 0 Å². The molecule has 0 radical (unpaired) electrons. The number of hydrogen-bond acceptors (Lipinski definition) is 13. The molecule has 2 atom stereocenters. The first-order valence-electron chi connectivity index (χ1n) is 17.8. The summed E-state index contributed by atoms with van der Waals surface area (Å²) in [4.78, 5) is 37.5. The van der Waals surface area contributed by atoms with E-state index in [1.807, 2.05) is 24.0 Å². The standard InChI is InChI=1S/C36H58N4O10S/c1-11-47-39-31(3,4)19-35(20-32(39,5)6)45-17-26(49-35)15-43-29(41)37-25-13-12-24(2)28(14-25)38-30(42)44-16-27-18-46-36(50-27)21-33(7,8)40(48-23-51)34(9,10)22-36/h12-14,26-27,51H,11,15-23H2,1-10H3,(H,37,41)(H,38,42). The van der Waals surface area contributed by atoms with Crippen molar-refractivity contribution in [1.29, 1.82) is 0 Å². The molecule has 5 rings (SSSR count). The van der Waals surface area contributed by atoms with E-state index in [9.17, 15) is 9.59 Å². The minimum absolute atomic E-state index is 0.0165. The molecule has 4 saturated heterocycles. The van der Waals surface area contributed by atoms with E-state index < -0.39 is 36.0 Å². The zero-order chi connectivity index (χ0) is 37.5. The maximum Gasteiger partial charge on any atom is 0.411 e. The summed E-state index contributed by atoms with van der Waals surface area (Å²) < 4.78 is 36.3. The lowest BCUT2D eigenvalue weighted by atomic mass is 9.78. The minimum Gasteiger partial charge on any atom is -0.446 e. The van der Waals surface area contributed by atoms with Crippen molar-refractivity contribution in [3.63, 3.8) is 0 Å². The summed E-state index contributed by atoms with van der Waals surface area (Å²) >= 11 is 4.25. The van der Waals surface area contributed by atoms with Gasteiger partial charge in [-0.15, -0.1) is 12.6 Å². The highest BCUT2D eigenvalue weighted by Gasteiger charge is 2.59. The number of piperidine rings is 2. The van der Waals surface area contributed by atoms with Crippen LogP contribution in [0.5, 0.6) is 0 Å². The highest BCUT2D eigenvalue weighted by molar-refractivity contribution is 7.80. The van der Waals surface area contributed by atoms with Crippen molar-refractivity contribution in [1.82, 2.24) is 10.1 Å². The predicted molar refractivity (Wildman–Crippen MR) is 193 cm³/mol. The topological polar surface area (TPSA) is 139 Å². The first-order chi connectivity index (χ1) is 23.7. The largest absolute Gasteiger partial charge is 0.446 e. The number of hydroxylamine groups is 4. The Hall–Kier alpha value is -2.21. The lowest BCUT2D eigenvalue weighted by Gasteiger charge is -2.56. The van der Waals surface area contributed by atoms with E-state index in [0.29, 0.717) is 56.9 Å². The van der Waals surface area contributed by atoms with Crippen molar-refractivity contribution in [2.24, 2.45) is 0 Å². The van der Waals surface area contributed by atoms with Gasteiger partial charge in [-0.25, -0.2) is 9.59 Å². The number of anilines is 2. The zero-order valence-electron chi connectivity index (χ0n) is 31.9. The molecule has 0 aromatic heterocycles. The van der Waals surface area contributed by atoms with Crippen LogP contribution < -0.4 is 10.6 Å². The Bertz CT molecular complexity index is 1390. The molecule has 4 aliphatic heterocycles. The van der Waals surface area contributed by atoms with Crippen molar-refractivity contribution in [2.45, 2.75) is 141 Å². The first kappa shape index (κ1) is 40.0. The maximum absolute atomic E-state index is 12.8. The fraction of sp³-hybridized carbons (Fsp3) is 0.778. The summed E-state index contributed by atoms with van der Waals surface area (Å²) in [5, 5.41) is 9.51. The number of thiol groups is 1. The SMILES string of the molecule is CCON1C(C)(C)CC2(CC1(C)C)OCC(COC(=O)Nc1ccc(C)c(NC(=O)OCC3COC4(CC(C)(C)N(OCS)C(C)(C)C4)O3)c1)O2. The highest BCUT2D eigenvalue weighted by atomic mass is 32.1. The molecular formula is C36H58N4O10S. The van der Waals surface area contributed by atoms with Crippen molar-refractivity contribution in [3.8, 4) is 0 Å². The molecule has 15 heteroatoms. The Labute approximate surface area is 307 Å². The fourth-order valence-electron chi connectivity index (χ4n) is 8.81. The van der Waals surface area contributed by atoms with Crippen LogP contribution in [0.2, 0.25) is 0 Å². The third kappa shape index (κ3) is 9.13. The van der Waals surface area contributed by atoms with E-state index in [1.165, 1.54) is 0 Å². The second-order valence-electron chi connectivity index (χ2n) is 16.6. The lowest BCUT2D eigenvalue weighted by Crippen LogP contribution is -2.65. The monoisotopic (exact) mass is 738 g/mol. The molecule has 4 heterocycles. The van der Waals surface area contributed by atoms with Crippen LogP contribution in [0.1, 0.15) is 93.6 Å². The summed E-state index contributed by atoms with van der Waals surface area (Å²) in [5.74, 6) is -1.33. The molecule has 2 spiro atoms. The quantitative estimate of drug-likeness (QED) is 0.181. The summed E-state index contributed by atoms with van der Waals surface area (Å²) in [6, 6.07) is 5.16. The van der Waals surface area contributed by atoms with Gasteiger partial charge in [-0.3, -0.25) is 20.3 Å².